The van der Waals surface area contributed by atoms with Gasteiger partial charge in [-0.25, -0.2) is 13.9 Å². The summed E-state index contributed by atoms with van der Waals surface area (Å²) in [5, 5.41) is 9.85. The first kappa shape index (κ1) is 21.0. The van der Waals surface area contributed by atoms with Crippen LogP contribution in [0, 0.1) is 13.8 Å². The summed E-state index contributed by atoms with van der Waals surface area (Å²) in [4.78, 5) is 37.7. The fourth-order valence-electron chi connectivity index (χ4n) is 3.33. The maximum absolute atomic E-state index is 12.7. The molecule has 0 aliphatic heterocycles. The van der Waals surface area contributed by atoms with Crippen molar-refractivity contribution in [1.29, 1.82) is 0 Å². The first-order valence-electron chi connectivity index (χ1n) is 10.2. The highest BCUT2D eigenvalue weighted by molar-refractivity contribution is 5.94. The monoisotopic (exact) mass is 429 g/mol. The minimum Gasteiger partial charge on any atom is -0.348 e. The number of nitrogens with zero attached hydrogens (tertiary/aromatic N) is 3. The average Bonchev–Trinajstić information content (AvgIpc) is 3.09. The third-order valence-electron chi connectivity index (χ3n) is 5.10. The van der Waals surface area contributed by atoms with E-state index in [-0.39, 0.29) is 18.4 Å². The van der Waals surface area contributed by atoms with Crippen molar-refractivity contribution in [2.75, 3.05) is 5.32 Å². The zero-order valence-electron chi connectivity index (χ0n) is 17.8. The zero-order chi connectivity index (χ0) is 22.7. The quantitative estimate of drug-likeness (QED) is 0.492. The van der Waals surface area contributed by atoms with Gasteiger partial charge in [-0.3, -0.25) is 9.59 Å². The number of rotatable bonds is 6. The van der Waals surface area contributed by atoms with Crippen LogP contribution in [0.25, 0.3) is 5.65 Å². The molecule has 8 heteroatoms. The van der Waals surface area contributed by atoms with E-state index in [1.165, 1.54) is 10.6 Å². The van der Waals surface area contributed by atoms with E-state index < -0.39 is 5.69 Å². The molecule has 2 N–H and O–H groups in total. The summed E-state index contributed by atoms with van der Waals surface area (Å²) in [6.45, 7) is 3.99. The van der Waals surface area contributed by atoms with Gasteiger partial charge < -0.3 is 10.6 Å². The van der Waals surface area contributed by atoms with Crippen molar-refractivity contribution in [2.45, 2.75) is 26.9 Å². The molecule has 2 aromatic carbocycles. The lowest BCUT2D eigenvalue weighted by atomic mass is 10.1. The van der Waals surface area contributed by atoms with Gasteiger partial charge in [0.05, 0.1) is 5.56 Å². The van der Waals surface area contributed by atoms with E-state index >= 15 is 0 Å². The van der Waals surface area contributed by atoms with Crippen molar-refractivity contribution in [3.63, 3.8) is 0 Å². The predicted octanol–water partition coefficient (Wildman–Crippen LogP) is 2.68. The highest BCUT2D eigenvalue weighted by atomic mass is 16.2. The molecular formula is C24H23N5O3. The summed E-state index contributed by atoms with van der Waals surface area (Å²) in [7, 11) is 0. The van der Waals surface area contributed by atoms with Crippen LogP contribution in [-0.2, 0) is 17.9 Å². The van der Waals surface area contributed by atoms with Gasteiger partial charge in [0.25, 0.3) is 5.91 Å². The summed E-state index contributed by atoms with van der Waals surface area (Å²) in [6, 6.07) is 18.5. The Balaban J connectivity index is 1.49. The van der Waals surface area contributed by atoms with Gasteiger partial charge in [-0.05, 0) is 48.7 Å². The SMILES string of the molecule is Cc1ccc(C)c(NC(=O)Cn2nc3ccc(C(=O)NCc4ccccc4)cn3c2=O)c1. The Bertz CT molecular complexity index is 1360. The van der Waals surface area contributed by atoms with Crippen molar-refractivity contribution >= 4 is 23.1 Å². The van der Waals surface area contributed by atoms with Crippen LogP contribution < -0.4 is 16.3 Å². The zero-order valence-corrected chi connectivity index (χ0v) is 17.8. The number of carbonyl (C=O) groups excluding carboxylic acids is 2. The van der Waals surface area contributed by atoms with Gasteiger partial charge in [0.15, 0.2) is 5.65 Å². The lowest BCUT2D eigenvalue weighted by molar-refractivity contribution is -0.117. The average molecular weight is 429 g/mol. The summed E-state index contributed by atoms with van der Waals surface area (Å²) in [5.74, 6) is -0.659. The van der Waals surface area contributed by atoms with E-state index in [1.54, 1.807) is 12.1 Å². The van der Waals surface area contributed by atoms with Crippen molar-refractivity contribution < 1.29 is 9.59 Å². The minimum absolute atomic E-state index is 0.233. The van der Waals surface area contributed by atoms with Gasteiger partial charge in [-0.2, -0.15) is 0 Å². The Morgan fingerprint density at radius 2 is 1.78 bits per heavy atom. The number of carbonyl (C=O) groups is 2. The molecule has 0 atom stereocenters. The molecule has 0 spiro atoms. The fourth-order valence-corrected chi connectivity index (χ4v) is 3.33. The number of hydrogen-bond acceptors (Lipinski definition) is 4. The second-order valence-corrected chi connectivity index (χ2v) is 7.62. The van der Waals surface area contributed by atoms with E-state index in [4.69, 9.17) is 0 Å². The van der Waals surface area contributed by atoms with Crippen LogP contribution in [0.3, 0.4) is 0 Å². The third-order valence-corrected chi connectivity index (χ3v) is 5.10. The topological polar surface area (TPSA) is 97.5 Å². The third kappa shape index (κ3) is 4.59. The predicted molar refractivity (Wildman–Crippen MR) is 122 cm³/mol. The van der Waals surface area contributed by atoms with Crippen LogP contribution in [0.2, 0.25) is 0 Å². The lowest BCUT2D eigenvalue weighted by Crippen LogP contribution is -2.29. The van der Waals surface area contributed by atoms with Crippen molar-refractivity contribution in [3.8, 4) is 0 Å². The number of anilines is 1. The number of nitrogens with one attached hydrogen (secondary N) is 2. The Hall–Kier alpha value is -4.20. The van der Waals surface area contributed by atoms with Crippen molar-refractivity contribution in [2.24, 2.45) is 0 Å². The molecule has 0 unspecified atom stereocenters. The molecule has 0 aliphatic rings. The molecule has 0 radical (unpaired) electrons. The van der Waals surface area contributed by atoms with Crippen LogP contribution in [-0.4, -0.2) is 26.0 Å². The van der Waals surface area contributed by atoms with E-state index in [0.717, 1.165) is 21.4 Å². The lowest BCUT2D eigenvalue weighted by Gasteiger charge is -2.08. The molecule has 0 saturated heterocycles. The summed E-state index contributed by atoms with van der Waals surface area (Å²) in [6.07, 6.45) is 1.43. The molecule has 0 fully saturated rings. The molecule has 0 bridgehead atoms. The first-order chi connectivity index (χ1) is 15.4. The minimum atomic E-state index is -0.492. The molecule has 8 nitrogen and oxygen atoms in total. The molecule has 4 aromatic rings. The number of aromatic nitrogens is 3. The van der Waals surface area contributed by atoms with Gasteiger partial charge in [0.2, 0.25) is 5.91 Å². The van der Waals surface area contributed by atoms with Crippen LogP contribution in [0.15, 0.2) is 71.7 Å². The molecule has 32 heavy (non-hydrogen) atoms. The largest absolute Gasteiger partial charge is 0.350 e. The normalized spacial score (nSPS) is 10.8. The second-order valence-electron chi connectivity index (χ2n) is 7.62. The molecule has 2 heterocycles. The first-order valence-corrected chi connectivity index (χ1v) is 10.2. The van der Waals surface area contributed by atoms with Crippen molar-refractivity contribution in [1.82, 2.24) is 19.5 Å². The smallest absolute Gasteiger partial charge is 0.348 e. The van der Waals surface area contributed by atoms with Crippen LogP contribution >= 0.6 is 0 Å². The number of fused-ring (bicyclic) bond motifs is 1. The van der Waals surface area contributed by atoms with E-state index in [2.05, 4.69) is 15.7 Å². The number of pyridine rings is 1. The Morgan fingerprint density at radius 1 is 1.00 bits per heavy atom. The molecule has 0 saturated carbocycles. The molecule has 0 aliphatic carbocycles. The standard InChI is InChI=1S/C24H23N5O3/c1-16-8-9-17(2)20(12-16)26-22(30)15-29-24(32)28-14-19(10-11-21(28)27-29)23(31)25-13-18-6-4-3-5-7-18/h3-12,14H,13,15H2,1-2H3,(H,25,31)(H,26,30). The highest BCUT2D eigenvalue weighted by Crippen LogP contribution is 2.16. The van der Waals surface area contributed by atoms with Crippen LogP contribution in [0.5, 0.6) is 0 Å². The maximum Gasteiger partial charge on any atom is 0.350 e. The van der Waals surface area contributed by atoms with Crippen molar-refractivity contribution in [3.05, 3.63) is 99.6 Å². The van der Waals surface area contributed by atoms with Crippen LogP contribution in [0.1, 0.15) is 27.0 Å². The number of benzene rings is 2. The van der Waals surface area contributed by atoms with E-state index in [9.17, 15) is 14.4 Å². The van der Waals surface area contributed by atoms with E-state index in [0.29, 0.717) is 23.4 Å². The Kier molecular flexibility index (Phi) is 5.85. The fraction of sp³-hybridized carbons (Fsp3) is 0.167. The summed E-state index contributed by atoms with van der Waals surface area (Å²) < 4.78 is 2.35. The summed E-state index contributed by atoms with van der Waals surface area (Å²) >= 11 is 0. The van der Waals surface area contributed by atoms with Gasteiger partial charge >= 0.3 is 5.69 Å². The molecule has 2 aromatic heterocycles. The van der Waals surface area contributed by atoms with E-state index in [1.807, 2.05) is 62.4 Å². The molecule has 4 rings (SSSR count). The molecule has 2 amide bonds. The highest BCUT2D eigenvalue weighted by Gasteiger charge is 2.14. The van der Waals surface area contributed by atoms with Gasteiger partial charge in [-0.1, -0.05) is 42.5 Å². The summed E-state index contributed by atoms with van der Waals surface area (Å²) in [5.41, 5.74) is 3.81. The van der Waals surface area contributed by atoms with Gasteiger partial charge in [0.1, 0.15) is 6.54 Å². The number of hydrogen-bond donors (Lipinski definition) is 2. The van der Waals surface area contributed by atoms with Gasteiger partial charge in [0, 0.05) is 18.4 Å². The number of aryl methyl sites for hydroxylation is 2. The Morgan fingerprint density at radius 3 is 2.56 bits per heavy atom. The second kappa shape index (κ2) is 8.89. The Labute approximate surface area is 184 Å². The van der Waals surface area contributed by atoms with Gasteiger partial charge in [-0.15, -0.1) is 5.10 Å². The molecular weight excluding hydrogens is 406 g/mol. The maximum atomic E-state index is 12.7. The van der Waals surface area contributed by atoms with Crippen LogP contribution in [0.4, 0.5) is 5.69 Å². The molecule has 162 valence electrons. The number of amides is 2.